The molecular weight excluding hydrogens is 408 g/mol. The Morgan fingerprint density at radius 1 is 1.22 bits per heavy atom. The molecule has 0 saturated carbocycles. The average molecular weight is 435 g/mol. The molecule has 166 valence electrons. The molecule has 0 radical (unpaired) electrons. The number of aromatic nitrogens is 4. The lowest BCUT2D eigenvalue weighted by atomic mass is 10.2. The van der Waals surface area contributed by atoms with Crippen molar-refractivity contribution in [3.8, 4) is 11.4 Å². The summed E-state index contributed by atoms with van der Waals surface area (Å²) in [5.74, 6) is 0.631. The summed E-state index contributed by atoms with van der Waals surface area (Å²) in [6, 6.07) is 11.3. The molecule has 3 aromatic rings. The second-order valence-electron chi connectivity index (χ2n) is 6.93. The first-order chi connectivity index (χ1) is 15.6. The van der Waals surface area contributed by atoms with Crippen molar-refractivity contribution in [3.63, 3.8) is 0 Å². The van der Waals surface area contributed by atoms with Crippen LogP contribution in [0.3, 0.4) is 0 Å². The van der Waals surface area contributed by atoms with Crippen LogP contribution in [-0.4, -0.2) is 62.1 Å². The number of pyridine rings is 1. The summed E-state index contributed by atoms with van der Waals surface area (Å²) in [6.45, 7) is 5.64. The predicted octanol–water partition coefficient (Wildman–Crippen LogP) is 2.12. The molecule has 0 atom stereocenters. The van der Waals surface area contributed by atoms with E-state index in [1.54, 1.807) is 17.2 Å². The van der Waals surface area contributed by atoms with Crippen molar-refractivity contribution < 1.29 is 9.90 Å². The van der Waals surface area contributed by atoms with Crippen molar-refractivity contribution in [1.82, 2.24) is 24.8 Å². The number of nitrogens with zero attached hydrogens (tertiary/aromatic N) is 5. The molecule has 0 unspecified atom stereocenters. The number of carboxylic acids is 1. The van der Waals surface area contributed by atoms with Crippen LogP contribution in [0.25, 0.3) is 11.4 Å². The van der Waals surface area contributed by atoms with E-state index in [1.807, 2.05) is 36.4 Å². The Morgan fingerprint density at radius 3 is 2.88 bits per heavy atom. The number of rotatable bonds is 12. The van der Waals surface area contributed by atoms with Gasteiger partial charge in [0.05, 0.1) is 12.1 Å². The SMILES string of the molecule is C=CCN(CC(=O)O)Cc1cccc(Nc2ncnc(-c3cccnc3NCCN)n2)c1. The van der Waals surface area contributed by atoms with E-state index in [-0.39, 0.29) is 6.54 Å². The van der Waals surface area contributed by atoms with Crippen LogP contribution in [0.4, 0.5) is 17.5 Å². The first-order valence-corrected chi connectivity index (χ1v) is 10.1. The van der Waals surface area contributed by atoms with Crippen LogP contribution in [0.5, 0.6) is 0 Å². The van der Waals surface area contributed by atoms with Gasteiger partial charge in [-0.15, -0.1) is 6.58 Å². The molecule has 3 rings (SSSR count). The average Bonchev–Trinajstić information content (AvgIpc) is 2.78. The van der Waals surface area contributed by atoms with Gasteiger partial charge in [0.15, 0.2) is 5.82 Å². The van der Waals surface area contributed by atoms with Gasteiger partial charge in [0.2, 0.25) is 5.95 Å². The quantitative estimate of drug-likeness (QED) is 0.313. The maximum atomic E-state index is 11.1. The van der Waals surface area contributed by atoms with E-state index < -0.39 is 5.97 Å². The number of benzene rings is 1. The van der Waals surface area contributed by atoms with Gasteiger partial charge < -0.3 is 21.5 Å². The number of hydrogen-bond donors (Lipinski definition) is 4. The molecule has 0 spiro atoms. The van der Waals surface area contributed by atoms with Gasteiger partial charge in [-0.2, -0.15) is 4.98 Å². The molecule has 0 bridgehead atoms. The molecule has 0 aliphatic rings. The fraction of sp³-hybridized carbons (Fsp3) is 0.227. The van der Waals surface area contributed by atoms with E-state index >= 15 is 0 Å². The normalized spacial score (nSPS) is 10.7. The highest BCUT2D eigenvalue weighted by atomic mass is 16.4. The molecule has 0 amide bonds. The number of nitrogens with one attached hydrogen (secondary N) is 2. The third kappa shape index (κ3) is 6.56. The Bertz CT molecular complexity index is 1060. The van der Waals surface area contributed by atoms with E-state index in [0.29, 0.717) is 43.8 Å². The zero-order chi connectivity index (χ0) is 22.8. The van der Waals surface area contributed by atoms with E-state index in [0.717, 1.165) is 16.8 Å². The highest BCUT2D eigenvalue weighted by molar-refractivity contribution is 5.70. The van der Waals surface area contributed by atoms with Gasteiger partial charge in [0.1, 0.15) is 12.1 Å². The van der Waals surface area contributed by atoms with Crippen LogP contribution < -0.4 is 16.4 Å². The lowest BCUT2D eigenvalue weighted by Gasteiger charge is -2.18. The Labute approximate surface area is 186 Å². The maximum absolute atomic E-state index is 11.1. The minimum atomic E-state index is -0.880. The Balaban J connectivity index is 1.77. The van der Waals surface area contributed by atoms with Crippen LogP contribution in [0.1, 0.15) is 5.56 Å². The van der Waals surface area contributed by atoms with Crippen molar-refractivity contribution >= 4 is 23.4 Å². The first kappa shape index (κ1) is 22.8. The fourth-order valence-electron chi connectivity index (χ4n) is 3.10. The van der Waals surface area contributed by atoms with Crippen LogP contribution in [0, 0.1) is 0 Å². The van der Waals surface area contributed by atoms with Crippen LogP contribution in [0.15, 0.2) is 61.6 Å². The third-order valence-corrected chi connectivity index (χ3v) is 4.39. The van der Waals surface area contributed by atoms with Crippen molar-refractivity contribution in [1.29, 1.82) is 0 Å². The zero-order valence-corrected chi connectivity index (χ0v) is 17.6. The number of carbonyl (C=O) groups is 1. The monoisotopic (exact) mass is 434 g/mol. The molecule has 5 N–H and O–H groups in total. The number of hydrogen-bond acceptors (Lipinski definition) is 9. The van der Waals surface area contributed by atoms with E-state index in [4.69, 9.17) is 10.8 Å². The van der Waals surface area contributed by atoms with Gasteiger partial charge in [0, 0.05) is 38.1 Å². The molecule has 10 heteroatoms. The molecule has 0 aliphatic carbocycles. The predicted molar refractivity (Wildman–Crippen MR) is 123 cm³/mol. The van der Waals surface area contributed by atoms with Gasteiger partial charge in [-0.1, -0.05) is 18.2 Å². The molecule has 32 heavy (non-hydrogen) atoms. The molecule has 10 nitrogen and oxygen atoms in total. The lowest BCUT2D eigenvalue weighted by Crippen LogP contribution is -2.29. The minimum Gasteiger partial charge on any atom is -0.480 e. The van der Waals surface area contributed by atoms with E-state index in [9.17, 15) is 4.79 Å². The molecule has 2 heterocycles. The van der Waals surface area contributed by atoms with Crippen LogP contribution in [0.2, 0.25) is 0 Å². The molecule has 2 aromatic heterocycles. The number of nitrogens with two attached hydrogens (primary N) is 1. The summed E-state index contributed by atoms with van der Waals surface area (Å²) in [4.78, 5) is 30.2. The van der Waals surface area contributed by atoms with Crippen molar-refractivity contribution in [3.05, 3.63) is 67.1 Å². The molecule has 0 saturated heterocycles. The van der Waals surface area contributed by atoms with Crippen molar-refractivity contribution in [2.75, 3.05) is 36.8 Å². The summed E-state index contributed by atoms with van der Waals surface area (Å²) >= 11 is 0. The number of carboxylic acid groups (broad SMARTS) is 1. The third-order valence-electron chi connectivity index (χ3n) is 4.39. The summed E-state index contributed by atoms with van der Waals surface area (Å²) < 4.78 is 0. The smallest absolute Gasteiger partial charge is 0.317 e. The van der Waals surface area contributed by atoms with Crippen molar-refractivity contribution in [2.45, 2.75) is 6.54 Å². The second kappa shape index (κ2) is 11.5. The zero-order valence-electron chi connectivity index (χ0n) is 17.6. The minimum absolute atomic E-state index is 0.0634. The Morgan fingerprint density at radius 2 is 2.09 bits per heavy atom. The van der Waals surface area contributed by atoms with Crippen molar-refractivity contribution in [2.24, 2.45) is 5.73 Å². The molecular formula is C22H26N8O2. The second-order valence-corrected chi connectivity index (χ2v) is 6.93. The fourth-order valence-corrected chi connectivity index (χ4v) is 3.10. The number of anilines is 3. The molecule has 0 aliphatic heterocycles. The van der Waals surface area contributed by atoms with Gasteiger partial charge in [0.25, 0.3) is 0 Å². The van der Waals surface area contributed by atoms with Gasteiger partial charge in [-0.3, -0.25) is 9.69 Å². The Hall–Kier alpha value is -3.89. The maximum Gasteiger partial charge on any atom is 0.317 e. The first-order valence-electron chi connectivity index (χ1n) is 10.1. The molecule has 1 aromatic carbocycles. The van der Waals surface area contributed by atoms with Gasteiger partial charge in [-0.05, 0) is 29.8 Å². The van der Waals surface area contributed by atoms with Crippen LogP contribution in [-0.2, 0) is 11.3 Å². The highest BCUT2D eigenvalue weighted by Gasteiger charge is 2.12. The standard InChI is InChI=1S/C22H26N8O2/c1-2-11-30(14-19(31)32)13-16-5-3-6-17(12-16)28-22-27-15-26-21(29-22)18-7-4-9-24-20(18)25-10-8-23/h2-7,9,12,15H,1,8,10-11,13-14,23H2,(H,24,25)(H,31,32)(H,26,27,28,29). The summed E-state index contributed by atoms with van der Waals surface area (Å²) in [7, 11) is 0. The lowest BCUT2D eigenvalue weighted by molar-refractivity contribution is -0.138. The summed E-state index contributed by atoms with van der Waals surface area (Å²) in [6.07, 6.45) is 4.81. The number of aliphatic carboxylic acids is 1. The molecule has 0 fully saturated rings. The van der Waals surface area contributed by atoms with E-state index in [2.05, 4.69) is 37.1 Å². The van der Waals surface area contributed by atoms with Crippen LogP contribution >= 0.6 is 0 Å². The highest BCUT2D eigenvalue weighted by Crippen LogP contribution is 2.23. The summed E-state index contributed by atoms with van der Waals surface area (Å²) in [5, 5.41) is 15.5. The topological polar surface area (TPSA) is 142 Å². The van der Waals surface area contributed by atoms with Gasteiger partial charge >= 0.3 is 5.97 Å². The summed E-state index contributed by atoms with van der Waals surface area (Å²) in [5.41, 5.74) is 8.05. The Kier molecular flexibility index (Phi) is 8.18. The largest absolute Gasteiger partial charge is 0.480 e. The van der Waals surface area contributed by atoms with Gasteiger partial charge in [-0.25, -0.2) is 15.0 Å². The van der Waals surface area contributed by atoms with E-state index in [1.165, 1.54) is 6.33 Å².